The summed E-state index contributed by atoms with van der Waals surface area (Å²) in [4.78, 5) is 34.7. The number of carbonyl (C=O) groups excluding carboxylic acids is 3. The Morgan fingerprint density at radius 1 is 1.43 bits per heavy atom. The summed E-state index contributed by atoms with van der Waals surface area (Å²) in [6.45, 7) is 3.96. The molecule has 21 heavy (non-hydrogen) atoms. The molecule has 0 aliphatic carbocycles. The lowest BCUT2D eigenvalue weighted by atomic mass is 10.3. The van der Waals surface area contributed by atoms with Crippen LogP contribution in [0.2, 0.25) is 0 Å². The van der Waals surface area contributed by atoms with Crippen molar-refractivity contribution in [1.29, 1.82) is 0 Å². The third-order valence-electron chi connectivity index (χ3n) is 2.71. The van der Waals surface area contributed by atoms with Crippen LogP contribution in [0.25, 0.3) is 0 Å². The number of aryl methyl sites for hydroxylation is 1. The van der Waals surface area contributed by atoms with Crippen LogP contribution in [0.5, 0.6) is 0 Å². The highest BCUT2D eigenvalue weighted by Gasteiger charge is 2.22. The SMILES string of the molecule is CCCn1cc(N)cc1C(=O)OC(C)C(=O)NC(=O)NC. The Balaban J connectivity index is 2.72. The van der Waals surface area contributed by atoms with E-state index in [0.717, 1.165) is 6.42 Å². The Morgan fingerprint density at radius 2 is 2.10 bits per heavy atom. The molecule has 0 saturated heterocycles. The summed E-state index contributed by atoms with van der Waals surface area (Å²) in [6.07, 6.45) is 1.36. The average Bonchev–Trinajstić information content (AvgIpc) is 2.79. The van der Waals surface area contributed by atoms with E-state index in [4.69, 9.17) is 10.5 Å². The van der Waals surface area contributed by atoms with Crippen molar-refractivity contribution in [3.63, 3.8) is 0 Å². The Kier molecular flexibility index (Phi) is 5.77. The summed E-state index contributed by atoms with van der Waals surface area (Å²) in [6, 6.07) is 0.822. The number of aromatic nitrogens is 1. The number of ether oxygens (including phenoxy) is 1. The fourth-order valence-electron chi connectivity index (χ4n) is 1.68. The first-order valence-corrected chi connectivity index (χ1v) is 6.58. The predicted octanol–water partition coefficient (Wildman–Crippen LogP) is 0.481. The van der Waals surface area contributed by atoms with Crippen LogP contribution in [0, 0.1) is 0 Å². The van der Waals surface area contributed by atoms with Gasteiger partial charge in [0.25, 0.3) is 5.91 Å². The summed E-state index contributed by atoms with van der Waals surface area (Å²) in [7, 11) is 1.37. The molecule has 1 heterocycles. The van der Waals surface area contributed by atoms with Gasteiger partial charge in [-0.05, 0) is 19.4 Å². The molecule has 0 fully saturated rings. The molecule has 1 aromatic rings. The van der Waals surface area contributed by atoms with Crippen molar-refractivity contribution in [2.45, 2.75) is 32.9 Å². The third-order valence-corrected chi connectivity index (χ3v) is 2.71. The number of urea groups is 1. The van der Waals surface area contributed by atoms with Crippen molar-refractivity contribution in [2.24, 2.45) is 0 Å². The van der Waals surface area contributed by atoms with Gasteiger partial charge in [-0.2, -0.15) is 0 Å². The lowest BCUT2D eigenvalue weighted by molar-refractivity contribution is -0.127. The van der Waals surface area contributed by atoms with E-state index in [9.17, 15) is 14.4 Å². The van der Waals surface area contributed by atoms with Crippen molar-refractivity contribution in [3.05, 3.63) is 18.0 Å². The highest BCUT2D eigenvalue weighted by Crippen LogP contribution is 2.13. The van der Waals surface area contributed by atoms with Gasteiger partial charge < -0.3 is 20.4 Å². The second-order valence-corrected chi connectivity index (χ2v) is 4.47. The number of imide groups is 1. The zero-order valence-corrected chi connectivity index (χ0v) is 12.3. The summed E-state index contributed by atoms with van der Waals surface area (Å²) in [5.41, 5.74) is 6.38. The third kappa shape index (κ3) is 4.51. The minimum atomic E-state index is -1.10. The lowest BCUT2D eigenvalue weighted by Crippen LogP contribution is -2.43. The van der Waals surface area contributed by atoms with Crippen molar-refractivity contribution >= 4 is 23.6 Å². The van der Waals surface area contributed by atoms with Crippen LogP contribution in [-0.4, -0.2) is 35.6 Å². The molecule has 0 aliphatic heterocycles. The largest absolute Gasteiger partial charge is 0.448 e. The van der Waals surface area contributed by atoms with Crippen molar-refractivity contribution < 1.29 is 19.1 Å². The lowest BCUT2D eigenvalue weighted by Gasteiger charge is -2.13. The molecule has 8 heteroatoms. The topological polar surface area (TPSA) is 115 Å². The maximum absolute atomic E-state index is 12.0. The Hall–Kier alpha value is -2.51. The molecule has 4 N–H and O–H groups in total. The summed E-state index contributed by atoms with van der Waals surface area (Å²) in [5, 5.41) is 4.27. The van der Waals surface area contributed by atoms with E-state index in [1.165, 1.54) is 20.0 Å². The van der Waals surface area contributed by atoms with E-state index < -0.39 is 24.0 Å². The van der Waals surface area contributed by atoms with Crippen LogP contribution in [0.15, 0.2) is 12.3 Å². The molecule has 0 aromatic carbocycles. The minimum Gasteiger partial charge on any atom is -0.448 e. The van der Waals surface area contributed by atoms with Gasteiger partial charge >= 0.3 is 12.0 Å². The first kappa shape index (κ1) is 16.5. The fourth-order valence-corrected chi connectivity index (χ4v) is 1.68. The van der Waals surface area contributed by atoms with Crippen LogP contribution >= 0.6 is 0 Å². The summed E-state index contributed by atoms with van der Waals surface area (Å²) < 4.78 is 6.70. The molecule has 0 saturated carbocycles. The van der Waals surface area contributed by atoms with Gasteiger partial charge in [-0.25, -0.2) is 9.59 Å². The van der Waals surface area contributed by atoms with Crippen molar-refractivity contribution in [2.75, 3.05) is 12.8 Å². The number of nitrogens with one attached hydrogen (secondary N) is 2. The van der Waals surface area contributed by atoms with E-state index in [-0.39, 0.29) is 5.69 Å². The molecular weight excluding hydrogens is 276 g/mol. The maximum Gasteiger partial charge on any atom is 0.355 e. The molecule has 0 spiro atoms. The summed E-state index contributed by atoms with van der Waals surface area (Å²) in [5.74, 6) is -1.37. The second kappa shape index (κ2) is 7.32. The standard InChI is InChI=1S/C13H20N4O4/c1-4-5-17-7-9(14)6-10(17)12(19)21-8(2)11(18)16-13(20)15-3/h6-8H,4-5,14H2,1-3H3,(H2,15,16,18,20). The quantitative estimate of drug-likeness (QED) is 0.684. The zero-order valence-electron chi connectivity index (χ0n) is 12.3. The molecule has 0 radical (unpaired) electrons. The summed E-state index contributed by atoms with van der Waals surface area (Å²) >= 11 is 0. The number of rotatable bonds is 5. The molecule has 1 unspecified atom stereocenters. The van der Waals surface area contributed by atoms with E-state index in [0.29, 0.717) is 12.2 Å². The van der Waals surface area contributed by atoms with Crippen LogP contribution in [0.4, 0.5) is 10.5 Å². The van der Waals surface area contributed by atoms with Gasteiger partial charge in [0.05, 0.1) is 5.69 Å². The molecular formula is C13H20N4O4. The highest BCUT2D eigenvalue weighted by atomic mass is 16.5. The Labute approximate surface area is 122 Å². The van der Waals surface area contributed by atoms with Crippen molar-refractivity contribution in [3.8, 4) is 0 Å². The molecule has 1 aromatic heterocycles. The van der Waals surface area contributed by atoms with E-state index >= 15 is 0 Å². The number of carbonyl (C=O) groups is 3. The van der Waals surface area contributed by atoms with Crippen LogP contribution in [0.1, 0.15) is 30.8 Å². The molecule has 1 rings (SSSR count). The molecule has 8 nitrogen and oxygen atoms in total. The van der Waals surface area contributed by atoms with Gasteiger partial charge in [-0.15, -0.1) is 0 Å². The smallest absolute Gasteiger partial charge is 0.355 e. The van der Waals surface area contributed by atoms with Crippen LogP contribution < -0.4 is 16.4 Å². The second-order valence-electron chi connectivity index (χ2n) is 4.47. The molecule has 3 amide bonds. The van der Waals surface area contributed by atoms with E-state index in [1.807, 2.05) is 12.2 Å². The van der Waals surface area contributed by atoms with Gasteiger partial charge in [-0.1, -0.05) is 6.92 Å². The number of hydrogen-bond acceptors (Lipinski definition) is 5. The Morgan fingerprint density at radius 3 is 2.67 bits per heavy atom. The van der Waals surface area contributed by atoms with E-state index in [2.05, 4.69) is 5.32 Å². The highest BCUT2D eigenvalue weighted by molar-refractivity contribution is 5.98. The van der Waals surface area contributed by atoms with E-state index in [1.54, 1.807) is 10.8 Å². The number of nitrogen functional groups attached to an aromatic ring is 1. The molecule has 0 aliphatic rings. The fraction of sp³-hybridized carbons (Fsp3) is 0.462. The first-order valence-electron chi connectivity index (χ1n) is 6.58. The molecule has 116 valence electrons. The van der Waals surface area contributed by atoms with Crippen molar-refractivity contribution in [1.82, 2.24) is 15.2 Å². The molecule has 1 atom stereocenters. The zero-order chi connectivity index (χ0) is 16.0. The van der Waals surface area contributed by atoms with Gasteiger partial charge in [-0.3, -0.25) is 10.1 Å². The Bertz CT molecular complexity index is 538. The number of amides is 3. The number of esters is 1. The van der Waals surface area contributed by atoms with Crippen LogP contribution in [0.3, 0.4) is 0 Å². The number of anilines is 1. The maximum atomic E-state index is 12.0. The first-order chi connectivity index (χ1) is 9.88. The number of nitrogens with zero attached hydrogens (tertiary/aromatic N) is 1. The number of nitrogens with two attached hydrogens (primary N) is 1. The van der Waals surface area contributed by atoms with Gasteiger partial charge in [0.1, 0.15) is 5.69 Å². The monoisotopic (exact) mass is 296 g/mol. The van der Waals surface area contributed by atoms with Gasteiger partial charge in [0.15, 0.2) is 6.10 Å². The minimum absolute atomic E-state index is 0.272. The molecule has 0 bridgehead atoms. The van der Waals surface area contributed by atoms with Crippen LogP contribution in [-0.2, 0) is 16.1 Å². The number of hydrogen-bond donors (Lipinski definition) is 3. The van der Waals surface area contributed by atoms with Gasteiger partial charge in [0.2, 0.25) is 0 Å². The normalized spacial score (nSPS) is 11.6. The van der Waals surface area contributed by atoms with Gasteiger partial charge in [0, 0.05) is 19.8 Å². The average molecular weight is 296 g/mol. The predicted molar refractivity (Wildman–Crippen MR) is 76.6 cm³/mol.